The van der Waals surface area contributed by atoms with E-state index in [-0.39, 0.29) is 11.3 Å². The number of rotatable bonds is 5. The molecule has 8 heteroatoms. The minimum absolute atomic E-state index is 0.0114. The van der Waals surface area contributed by atoms with Crippen LogP contribution in [-0.4, -0.2) is 23.4 Å². The van der Waals surface area contributed by atoms with E-state index in [0.29, 0.717) is 5.69 Å². The number of ether oxygens (including phenoxy) is 1. The molecule has 0 atom stereocenters. The van der Waals surface area contributed by atoms with E-state index in [9.17, 15) is 19.7 Å². The zero-order valence-electron chi connectivity index (χ0n) is 13.5. The van der Waals surface area contributed by atoms with Crippen LogP contribution in [0.5, 0.6) is 0 Å². The summed E-state index contributed by atoms with van der Waals surface area (Å²) in [6.07, 6.45) is 0. The molecule has 130 valence electrons. The van der Waals surface area contributed by atoms with Crippen LogP contribution in [0.25, 0.3) is 0 Å². The van der Waals surface area contributed by atoms with Crippen LogP contribution >= 0.6 is 15.9 Å². The van der Waals surface area contributed by atoms with Gasteiger partial charge in [0.2, 0.25) is 0 Å². The first kappa shape index (κ1) is 18.6. The molecule has 7 nitrogen and oxygen atoms in total. The Morgan fingerprint density at radius 2 is 1.84 bits per heavy atom. The lowest BCUT2D eigenvalue weighted by Crippen LogP contribution is -2.21. The van der Waals surface area contributed by atoms with E-state index in [2.05, 4.69) is 21.2 Å². The van der Waals surface area contributed by atoms with Crippen molar-refractivity contribution in [3.05, 3.63) is 67.7 Å². The molecule has 0 aliphatic heterocycles. The van der Waals surface area contributed by atoms with E-state index >= 15 is 0 Å². The molecule has 0 aliphatic rings. The number of benzene rings is 2. The number of hydrogen-bond donors (Lipinski definition) is 1. The lowest BCUT2D eigenvalue weighted by Gasteiger charge is -2.10. The number of hydrogen-bond acceptors (Lipinski definition) is 5. The molecule has 0 aliphatic carbocycles. The predicted molar refractivity (Wildman–Crippen MR) is 95.6 cm³/mol. The first-order valence-electron chi connectivity index (χ1n) is 7.26. The van der Waals surface area contributed by atoms with Gasteiger partial charge in [0.15, 0.2) is 6.61 Å². The molecule has 0 spiro atoms. The average Bonchev–Trinajstić information content (AvgIpc) is 2.57. The summed E-state index contributed by atoms with van der Waals surface area (Å²) in [5.41, 5.74) is 2.31. The molecule has 0 saturated heterocycles. The van der Waals surface area contributed by atoms with Crippen LogP contribution in [0, 0.1) is 24.0 Å². The van der Waals surface area contributed by atoms with Gasteiger partial charge >= 0.3 is 5.97 Å². The summed E-state index contributed by atoms with van der Waals surface area (Å²) in [4.78, 5) is 33.9. The molecule has 1 N–H and O–H groups in total. The summed E-state index contributed by atoms with van der Waals surface area (Å²) in [7, 11) is 0. The number of non-ortho nitro benzene ring substituents is 1. The predicted octanol–water partition coefficient (Wildman–Crippen LogP) is 3.77. The van der Waals surface area contributed by atoms with E-state index in [4.69, 9.17) is 4.74 Å². The van der Waals surface area contributed by atoms with Crippen LogP contribution in [0.3, 0.4) is 0 Å². The highest BCUT2D eigenvalue weighted by molar-refractivity contribution is 9.10. The highest BCUT2D eigenvalue weighted by Crippen LogP contribution is 2.25. The molecule has 2 rings (SSSR count). The number of amides is 1. The zero-order chi connectivity index (χ0) is 18.6. The number of aryl methyl sites for hydroxylation is 2. The van der Waals surface area contributed by atoms with E-state index in [1.807, 2.05) is 13.8 Å². The Morgan fingerprint density at radius 1 is 1.20 bits per heavy atom. The molecule has 0 radical (unpaired) electrons. The van der Waals surface area contributed by atoms with E-state index < -0.39 is 23.4 Å². The maximum Gasteiger partial charge on any atom is 0.338 e. The average molecular weight is 407 g/mol. The van der Waals surface area contributed by atoms with Gasteiger partial charge in [-0.2, -0.15) is 0 Å². The largest absolute Gasteiger partial charge is 0.452 e. The minimum atomic E-state index is -0.804. The van der Waals surface area contributed by atoms with Crippen molar-refractivity contribution in [1.82, 2.24) is 0 Å². The van der Waals surface area contributed by atoms with E-state index in [0.717, 1.165) is 21.7 Å². The summed E-state index contributed by atoms with van der Waals surface area (Å²) in [5, 5.41) is 13.4. The van der Waals surface area contributed by atoms with Crippen LogP contribution in [0.2, 0.25) is 0 Å². The summed E-state index contributed by atoms with van der Waals surface area (Å²) >= 11 is 3.44. The molecule has 1 amide bonds. The maximum absolute atomic E-state index is 11.9. The quantitative estimate of drug-likeness (QED) is 0.462. The number of nitro groups is 1. The van der Waals surface area contributed by atoms with Gasteiger partial charge in [-0.15, -0.1) is 0 Å². The Balaban J connectivity index is 1.97. The molecule has 0 fully saturated rings. The van der Waals surface area contributed by atoms with Crippen molar-refractivity contribution in [1.29, 1.82) is 0 Å². The van der Waals surface area contributed by atoms with Crippen molar-refractivity contribution in [3.8, 4) is 0 Å². The Morgan fingerprint density at radius 3 is 2.44 bits per heavy atom. The van der Waals surface area contributed by atoms with Crippen LogP contribution in [0.15, 0.2) is 40.9 Å². The fraction of sp³-hybridized carbons (Fsp3) is 0.176. The van der Waals surface area contributed by atoms with Gasteiger partial charge in [-0.1, -0.05) is 22.0 Å². The second-order valence-corrected chi connectivity index (χ2v) is 6.15. The van der Waals surface area contributed by atoms with Crippen LogP contribution in [0.1, 0.15) is 21.5 Å². The number of esters is 1. The lowest BCUT2D eigenvalue weighted by atomic mass is 10.1. The van der Waals surface area contributed by atoms with Gasteiger partial charge in [0.05, 0.1) is 10.5 Å². The van der Waals surface area contributed by atoms with Gasteiger partial charge in [0, 0.05) is 22.3 Å². The highest BCUT2D eigenvalue weighted by Gasteiger charge is 2.14. The third kappa shape index (κ3) is 4.87. The number of halogens is 1. The zero-order valence-corrected chi connectivity index (χ0v) is 15.1. The first-order valence-corrected chi connectivity index (χ1v) is 8.05. The molecule has 0 unspecified atom stereocenters. The fourth-order valence-corrected chi connectivity index (χ4v) is 2.40. The van der Waals surface area contributed by atoms with Crippen molar-refractivity contribution < 1.29 is 19.2 Å². The van der Waals surface area contributed by atoms with Gasteiger partial charge < -0.3 is 10.1 Å². The Labute approximate surface area is 152 Å². The number of nitrogens with one attached hydrogen (secondary N) is 1. The summed E-state index contributed by atoms with van der Waals surface area (Å²) in [6, 6.07) is 8.70. The number of carbonyl (C=O) groups excluding carboxylic acids is 2. The maximum atomic E-state index is 11.9. The standard InChI is InChI=1S/C17H15BrN2O5/c1-10-6-13(7-11(2)16(10)18)19-15(21)9-25-17(22)12-4-3-5-14(8-12)20(23)24/h3-8H,9H2,1-2H3,(H,19,21). The van der Waals surface area contributed by atoms with Crippen molar-refractivity contribution in [2.45, 2.75) is 13.8 Å². The van der Waals surface area contributed by atoms with Crippen LogP contribution in [0.4, 0.5) is 11.4 Å². The van der Waals surface area contributed by atoms with Crippen molar-refractivity contribution in [2.75, 3.05) is 11.9 Å². The first-order chi connectivity index (χ1) is 11.8. The Hall–Kier alpha value is -2.74. The van der Waals surface area contributed by atoms with Crippen molar-refractivity contribution >= 4 is 39.2 Å². The smallest absolute Gasteiger partial charge is 0.338 e. The molecule has 2 aromatic carbocycles. The molecule has 2 aromatic rings. The third-order valence-corrected chi connectivity index (χ3v) is 4.60. The summed E-state index contributed by atoms with van der Waals surface area (Å²) in [6.45, 7) is 3.31. The SMILES string of the molecule is Cc1cc(NC(=O)COC(=O)c2cccc([N+](=O)[O-])c2)cc(C)c1Br. The Bertz CT molecular complexity index is 828. The van der Waals surface area contributed by atoms with Crippen LogP contribution in [-0.2, 0) is 9.53 Å². The molecule has 0 heterocycles. The number of anilines is 1. The van der Waals surface area contributed by atoms with Gasteiger partial charge in [-0.25, -0.2) is 4.79 Å². The van der Waals surface area contributed by atoms with Gasteiger partial charge in [0.1, 0.15) is 0 Å². The number of nitro benzene ring substituents is 1. The molecule has 0 bridgehead atoms. The molecule has 25 heavy (non-hydrogen) atoms. The summed E-state index contributed by atoms with van der Waals surface area (Å²) in [5.74, 6) is -1.30. The van der Waals surface area contributed by atoms with Crippen molar-refractivity contribution in [2.24, 2.45) is 0 Å². The third-order valence-electron chi connectivity index (χ3n) is 3.35. The highest BCUT2D eigenvalue weighted by atomic mass is 79.9. The monoisotopic (exact) mass is 406 g/mol. The van der Waals surface area contributed by atoms with Gasteiger partial charge in [-0.05, 0) is 43.2 Å². The summed E-state index contributed by atoms with van der Waals surface area (Å²) < 4.78 is 5.86. The van der Waals surface area contributed by atoms with E-state index in [1.165, 1.54) is 18.2 Å². The van der Waals surface area contributed by atoms with Crippen molar-refractivity contribution in [3.63, 3.8) is 0 Å². The molecule has 0 saturated carbocycles. The van der Waals surface area contributed by atoms with Crippen LogP contribution < -0.4 is 5.32 Å². The van der Waals surface area contributed by atoms with E-state index in [1.54, 1.807) is 12.1 Å². The number of carbonyl (C=O) groups is 2. The molecule has 0 aromatic heterocycles. The van der Waals surface area contributed by atoms with Gasteiger partial charge in [-0.3, -0.25) is 14.9 Å². The minimum Gasteiger partial charge on any atom is -0.452 e. The molecular weight excluding hydrogens is 392 g/mol. The normalized spacial score (nSPS) is 10.2. The second-order valence-electron chi connectivity index (χ2n) is 5.36. The van der Waals surface area contributed by atoms with Gasteiger partial charge in [0.25, 0.3) is 11.6 Å². The topological polar surface area (TPSA) is 98.5 Å². The lowest BCUT2D eigenvalue weighted by molar-refractivity contribution is -0.384. The fourth-order valence-electron chi connectivity index (χ4n) is 2.18. The molecular formula is C17H15BrN2O5. The number of nitrogens with zero attached hydrogens (tertiary/aromatic N) is 1. The Kier molecular flexibility index (Phi) is 5.87. The second kappa shape index (κ2) is 7.89.